The first-order valence-corrected chi connectivity index (χ1v) is 4.71. The SMILES string of the molecule is O=C=O.[B]1C2CCCC1CCC2. The van der Waals surface area contributed by atoms with Crippen LogP contribution in [0.25, 0.3) is 0 Å². The molecule has 12 heavy (non-hydrogen) atoms. The Bertz CT molecular complexity index is 144. The summed E-state index contributed by atoms with van der Waals surface area (Å²) in [7, 11) is 2.62. The summed E-state index contributed by atoms with van der Waals surface area (Å²) in [5.74, 6) is 2.05. The zero-order chi connectivity index (χ0) is 8.81. The van der Waals surface area contributed by atoms with Gasteiger partial charge in [0, 0.05) is 0 Å². The molecule has 1 radical (unpaired) electrons. The molecule has 0 atom stereocenters. The van der Waals surface area contributed by atoms with Crippen LogP contribution in [-0.2, 0) is 9.59 Å². The standard InChI is InChI=1S/C8H14B.CO2/c1-3-7-5-2-6-8(4-1)9-7;2-1-3/h7-8H,1-6H2;. The minimum Gasteiger partial charge on any atom is -0.186 e. The Morgan fingerprint density at radius 3 is 1.50 bits per heavy atom. The molecule has 0 aliphatic carbocycles. The monoisotopic (exact) mass is 165 g/mol. The second kappa shape index (κ2) is 5.15. The average Bonchev–Trinajstić information content (AvgIpc) is 2.06. The molecule has 2 fully saturated rings. The highest BCUT2D eigenvalue weighted by molar-refractivity contribution is 6.40. The predicted octanol–water partition coefficient (Wildman–Crippen LogP) is 2.05. The van der Waals surface area contributed by atoms with Crippen LogP contribution in [0.1, 0.15) is 38.5 Å². The smallest absolute Gasteiger partial charge is 0.186 e. The Morgan fingerprint density at radius 1 is 0.917 bits per heavy atom. The number of rotatable bonds is 0. The highest BCUT2D eigenvalue weighted by atomic mass is 16.2. The largest absolute Gasteiger partial charge is 0.373 e. The van der Waals surface area contributed by atoms with Gasteiger partial charge in [0.25, 0.3) is 0 Å². The van der Waals surface area contributed by atoms with Crippen molar-refractivity contribution < 1.29 is 9.59 Å². The molecule has 0 spiro atoms. The van der Waals surface area contributed by atoms with E-state index in [1.807, 2.05) is 0 Å². The van der Waals surface area contributed by atoms with Crippen molar-refractivity contribution in [2.24, 2.45) is 0 Å². The summed E-state index contributed by atoms with van der Waals surface area (Å²) in [6, 6.07) is 0. The minimum absolute atomic E-state index is 0.250. The fourth-order valence-electron chi connectivity index (χ4n) is 2.34. The van der Waals surface area contributed by atoms with Crippen molar-refractivity contribution in [1.29, 1.82) is 0 Å². The van der Waals surface area contributed by atoms with Crippen molar-refractivity contribution >= 4 is 13.4 Å². The van der Waals surface area contributed by atoms with Crippen LogP contribution in [0.2, 0.25) is 11.6 Å². The van der Waals surface area contributed by atoms with E-state index < -0.39 is 0 Å². The zero-order valence-electron chi connectivity index (χ0n) is 7.29. The molecule has 2 aliphatic heterocycles. The Kier molecular flexibility index (Phi) is 4.09. The van der Waals surface area contributed by atoms with Gasteiger partial charge in [0.2, 0.25) is 0 Å². The van der Waals surface area contributed by atoms with Gasteiger partial charge in [0.05, 0.1) is 0 Å². The quantitative estimate of drug-likeness (QED) is 0.514. The summed E-state index contributed by atoms with van der Waals surface area (Å²) >= 11 is 0. The third-order valence-electron chi connectivity index (χ3n) is 2.84. The van der Waals surface area contributed by atoms with Crippen LogP contribution in [0, 0.1) is 0 Å². The third kappa shape index (κ3) is 2.82. The Labute approximate surface area is 74.0 Å². The molecule has 2 saturated heterocycles. The number of hydrogen-bond acceptors (Lipinski definition) is 2. The van der Waals surface area contributed by atoms with Crippen molar-refractivity contribution in [2.75, 3.05) is 0 Å². The second-order valence-corrected chi connectivity index (χ2v) is 3.66. The Hall–Kier alpha value is -0.555. The number of carbonyl (C=O) groups excluding carboxylic acids is 2. The van der Waals surface area contributed by atoms with Crippen molar-refractivity contribution in [3.63, 3.8) is 0 Å². The highest BCUT2D eigenvalue weighted by Gasteiger charge is 2.26. The van der Waals surface area contributed by atoms with Gasteiger partial charge in [-0.3, -0.25) is 0 Å². The summed E-state index contributed by atoms with van der Waals surface area (Å²) in [5.41, 5.74) is 0. The molecule has 2 bridgehead atoms. The molecular weight excluding hydrogens is 151 g/mol. The summed E-state index contributed by atoms with van der Waals surface area (Å²) in [5, 5.41) is 0. The molecule has 0 saturated carbocycles. The predicted molar refractivity (Wildman–Crippen MR) is 46.0 cm³/mol. The van der Waals surface area contributed by atoms with Crippen molar-refractivity contribution in [2.45, 2.75) is 50.2 Å². The molecule has 0 aromatic heterocycles. The lowest BCUT2D eigenvalue weighted by molar-refractivity contribution is -0.191. The maximum absolute atomic E-state index is 8.12. The van der Waals surface area contributed by atoms with Crippen molar-refractivity contribution in [3.05, 3.63) is 0 Å². The third-order valence-corrected chi connectivity index (χ3v) is 2.84. The highest BCUT2D eigenvalue weighted by Crippen LogP contribution is 2.40. The summed E-state index contributed by atoms with van der Waals surface area (Å²) in [6.45, 7) is 0. The summed E-state index contributed by atoms with van der Waals surface area (Å²) < 4.78 is 0. The second-order valence-electron chi connectivity index (χ2n) is 3.66. The van der Waals surface area contributed by atoms with Gasteiger partial charge in [-0.2, -0.15) is 9.59 Å². The van der Waals surface area contributed by atoms with Crippen LogP contribution in [0.4, 0.5) is 0 Å². The van der Waals surface area contributed by atoms with E-state index in [4.69, 9.17) is 9.59 Å². The summed E-state index contributed by atoms with van der Waals surface area (Å²) in [4.78, 5) is 16.2. The fraction of sp³-hybridized carbons (Fsp3) is 0.889. The molecule has 2 aliphatic rings. The van der Waals surface area contributed by atoms with Crippen LogP contribution in [-0.4, -0.2) is 13.4 Å². The molecule has 2 nitrogen and oxygen atoms in total. The normalized spacial score (nSPS) is 32.0. The summed E-state index contributed by atoms with van der Waals surface area (Å²) in [6.07, 6.45) is 9.25. The van der Waals surface area contributed by atoms with Crippen molar-refractivity contribution in [1.82, 2.24) is 0 Å². The van der Waals surface area contributed by atoms with Gasteiger partial charge in [-0.15, -0.1) is 0 Å². The first kappa shape index (κ1) is 9.53. The van der Waals surface area contributed by atoms with E-state index in [1.165, 1.54) is 38.5 Å². The van der Waals surface area contributed by atoms with Crippen LogP contribution in [0.3, 0.4) is 0 Å². The molecule has 2 heterocycles. The molecule has 0 aromatic rings. The van der Waals surface area contributed by atoms with Crippen LogP contribution >= 0.6 is 0 Å². The lowest BCUT2D eigenvalue weighted by Crippen LogP contribution is -2.21. The fourth-order valence-corrected chi connectivity index (χ4v) is 2.34. The van der Waals surface area contributed by atoms with Crippen LogP contribution in [0.15, 0.2) is 0 Å². The Balaban J connectivity index is 0.000000213. The van der Waals surface area contributed by atoms with E-state index in [0.717, 1.165) is 11.6 Å². The van der Waals surface area contributed by atoms with Gasteiger partial charge < -0.3 is 0 Å². The minimum atomic E-state index is 0.250. The molecule has 3 heteroatoms. The average molecular weight is 165 g/mol. The first-order chi connectivity index (χ1) is 5.86. The molecule has 0 N–H and O–H groups in total. The van der Waals surface area contributed by atoms with Gasteiger partial charge in [-0.1, -0.05) is 50.2 Å². The first-order valence-electron chi connectivity index (χ1n) is 4.71. The molecule has 0 amide bonds. The molecule has 0 unspecified atom stereocenters. The van der Waals surface area contributed by atoms with Gasteiger partial charge in [-0.05, 0) is 0 Å². The van der Waals surface area contributed by atoms with E-state index in [0.29, 0.717) is 0 Å². The van der Waals surface area contributed by atoms with E-state index in [2.05, 4.69) is 7.28 Å². The maximum Gasteiger partial charge on any atom is 0.373 e. The topological polar surface area (TPSA) is 34.1 Å². The van der Waals surface area contributed by atoms with E-state index in [-0.39, 0.29) is 6.15 Å². The Morgan fingerprint density at radius 2 is 1.25 bits per heavy atom. The molecule has 65 valence electrons. The van der Waals surface area contributed by atoms with E-state index in [9.17, 15) is 0 Å². The molecule has 0 aromatic carbocycles. The van der Waals surface area contributed by atoms with Gasteiger partial charge in [-0.25, -0.2) is 0 Å². The van der Waals surface area contributed by atoms with E-state index >= 15 is 0 Å². The lowest BCUT2D eigenvalue weighted by atomic mass is 9.44. The maximum atomic E-state index is 8.12. The molecule has 2 rings (SSSR count). The van der Waals surface area contributed by atoms with Crippen LogP contribution in [0.5, 0.6) is 0 Å². The zero-order valence-corrected chi connectivity index (χ0v) is 7.29. The number of fused-ring (bicyclic) bond motifs is 2. The number of hydrogen-bond donors (Lipinski definition) is 0. The van der Waals surface area contributed by atoms with Gasteiger partial charge in [0.1, 0.15) is 7.28 Å². The molecular formula is C9H14BO2. The van der Waals surface area contributed by atoms with Gasteiger partial charge >= 0.3 is 6.15 Å². The lowest BCUT2D eigenvalue weighted by Gasteiger charge is -2.33. The van der Waals surface area contributed by atoms with Gasteiger partial charge in [0.15, 0.2) is 0 Å². The van der Waals surface area contributed by atoms with Crippen molar-refractivity contribution in [3.8, 4) is 0 Å². The van der Waals surface area contributed by atoms with Crippen LogP contribution < -0.4 is 0 Å². The van der Waals surface area contributed by atoms with E-state index in [1.54, 1.807) is 0 Å².